The van der Waals surface area contributed by atoms with E-state index in [1.54, 1.807) is 24.7 Å². The number of nitrogens with zero attached hydrogens (tertiary/aromatic N) is 2. The van der Waals surface area contributed by atoms with Gasteiger partial charge >= 0.3 is 5.97 Å². The van der Waals surface area contributed by atoms with Gasteiger partial charge in [-0.05, 0) is 33.6 Å². The monoisotopic (exact) mass is 309 g/mol. The summed E-state index contributed by atoms with van der Waals surface area (Å²) in [6.45, 7) is 0.0756. The minimum atomic E-state index is -0.917. The van der Waals surface area contributed by atoms with Gasteiger partial charge in [-0.3, -0.25) is 4.79 Å². The molecule has 0 saturated carbocycles. The van der Waals surface area contributed by atoms with Crippen LogP contribution in [-0.4, -0.2) is 27.2 Å². The third-order valence-electron chi connectivity index (χ3n) is 2.69. The first-order chi connectivity index (χ1) is 8.63. The molecule has 0 spiro atoms. The van der Waals surface area contributed by atoms with E-state index in [0.717, 1.165) is 10.2 Å². The molecule has 1 aromatic carbocycles. The summed E-state index contributed by atoms with van der Waals surface area (Å²) in [6.07, 6.45) is 5.18. The van der Waals surface area contributed by atoms with Crippen molar-refractivity contribution in [2.45, 2.75) is 5.92 Å². The number of carboxylic acids is 1. The molecule has 1 atom stereocenters. The Bertz CT molecular complexity index is 554. The van der Waals surface area contributed by atoms with Crippen molar-refractivity contribution in [2.24, 2.45) is 5.73 Å². The SMILES string of the molecule is NCC(C(=O)O)c1ccc(-n2ccnc2)c(Br)c1. The van der Waals surface area contributed by atoms with Gasteiger partial charge in [0.05, 0.1) is 17.9 Å². The number of hydrogen-bond acceptors (Lipinski definition) is 3. The van der Waals surface area contributed by atoms with Crippen LogP contribution in [0.2, 0.25) is 0 Å². The van der Waals surface area contributed by atoms with Crippen LogP contribution in [0.1, 0.15) is 11.5 Å². The van der Waals surface area contributed by atoms with Crippen LogP contribution >= 0.6 is 15.9 Å². The number of benzene rings is 1. The van der Waals surface area contributed by atoms with Crippen molar-refractivity contribution < 1.29 is 9.90 Å². The van der Waals surface area contributed by atoms with E-state index < -0.39 is 11.9 Å². The van der Waals surface area contributed by atoms with Crippen LogP contribution in [-0.2, 0) is 4.79 Å². The molecule has 1 heterocycles. The zero-order chi connectivity index (χ0) is 13.1. The number of hydrogen-bond donors (Lipinski definition) is 2. The van der Waals surface area contributed by atoms with Gasteiger partial charge in [0.2, 0.25) is 0 Å². The van der Waals surface area contributed by atoms with Gasteiger partial charge in [0.25, 0.3) is 0 Å². The number of aromatic nitrogens is 2. The molecule has 0 amide bonds. The molecule has 2 aromatic rings. The van der Waals surface area contributed by atoms with Crippen LogP contribution in [0.25, 0.3) is 5.69 Å². The summed E-state index contributed by atoms with van der Waals surface area (Å²) in [4.78, 5) is 15.0. The van der Waals surface area contributed by atoms with Gasteiger partial charge in [0, 0.05) is 23.4 Å². The van der Waals surface area contributed by atoms with Crippen molar-refractivity contribution in [2.75, 3.05) is 6.54 Å². The fourth-order valence-corrected chi connectivity index (χ4v) is 2.33. The van der Waals surface area contributed by atoms with E-state index in [0.29, 0.717) is 5.56 Å². The average molecular weight is 310 g/mol. The molecule has 0 fully saturated rings. The van der Waals surface area contributed by atoms with Crippen molar-refractivity contribution in [3.63, 3.8) is 0 Å². The van der Waals surface area contributed by atoms with Gasteiger partial charge in [0.15, 0.2) is 0 Å². The molecule has 0 aliphatic rings. The van der Waals surface area contributed by atoms with Crippen LogP contribution in [0.4, 0.5) is 0 Å². The quantitative estimate of drug-likeness (QED) is 0.901. The van der Waals surface area contributed by atoms with Crippen LogP contribution < -0.4 is 5.73 Å². The number of nitrogens with two attached hydrogens (primary N) is 1. The molecule has 18 heavy (non-hydrogen) atoms. The molecule has 0 aliphatic heterocycles. The van der Waals surface area contributed by atoms with E-state index in [-0.39, 0.29) is 6.54 Å². The molecule has 6 heteroatoms. The number of halogens is 1. The second kappa shape index (κ2) is 5.32. The fraction of sp³-hybridized carbons (Fsp3) is 0.167. The number of imidazole rings is 1. The van der Waals surface area contributed by atoms with E-state index in [2.05, 4.69) is 20.9 Å². The Balaban J connectivity index is 2.39. The number of carbonyl (C=O) groups is 1. The highest BCUT2D eigenvalue weighted by atomic mass is 79.9. The lowest BCUT2D eigenvalue weighted by molar-refractivity contribution is -0.138. The standard InChI is InChI=1S/C12H12BrN3O2/c13-10-5-8(9(6-14)12(17)18)1-2-11(10)16-4-3-15-7-16/h1-5,7,9H,6,14H2,(H,17,18). The van der Waals surface area contributed by atoms with E-state index in [1.165, 1.54) is 0 Å². The molecule has 0 radical (unpaired) electrons. The predicted molar refractivity (Wildman–Crippen MR) is 70.7 cm³/mol. The van der Waals surface area contributed by atoms with Crippen molar-refractivity contribution in [1.82, 2.24) is 9.55 Å². The van der Waals surface area contributed by atoms with Gasteiger partial charge in [-0.1, -0.05) is 6.07 Å². The maximum absolute atomic E-state index is 11.0. The lowest BCUT2D eigenvalue weighted by Gasteiger charge is -2.12. The molecule has 0 bridgehead atoms. The summed E-state index contributed by atoms with van der Waals surface area (Å²) in [5.74, 6) is -1.60. The van der Waals surface area contributed by atoms with Crippen LogP contribution in [0.15, 0.2) is 41.4 Å². The molecule has 0 saturated heterocycles. The lowest BCUT2D eigenvalue weighted by Crippen LogP contribution is -2.21. The maximum atomic E-state index is 11.0. The molecule has 5 nitrogen and oxygen atoms in total. The highest BCUT2D eigenvalue weighted by Gasteiger charge is 2.18. The van der Waals surface area contributed by atoms with E-state index >= 15 is 0 Å². The molecular formula is C12H12BrN3O2. The van der Waals surface area contributed by atoms with Crippen molar-refractivity contribution in [1.29, 1.82) is 0 Å². The Kier molecular flexibility index (Phi) is 3.78. The van der Waals surface area contributed by atoms with Crippen LogP contribution in [0.3, 0.4) is 0 Å². The molecule has 1 unspecified atom stereocenters. The summed E-state index contributed by atoms with van der Waals surface area (Å²) < 4.78 is 2.64. The number of rotatable bonds is 4. The Morgan fingerprint density at radius 3 is 2.83 bits per heavy atom. The first kappa shape index (κ1) is 12.8. The Morgan fingerprint density at radius 2 is 2.33 bits per heavy atom. The van der Waals surface area contributed by atoms with Gasteiger partial charge in [-0.25, -0.2) is 4.98 Å². The minimum absolute atomic E-state index is 0.0756. The van der Waals surface area contributed by atoms with Gasteiger partial charge in [-0.2, -0.15) is 0 Å². The molecule has 3 N–H and O–H groups in total. The number of aliphatic carboxylic acids is 1. The predicted octanol–water partition coefficient (Wildman–Crippen LogP) is 1.76. The first-order valence-electron chi connectivity index (χ1n) is 5.34. The van der Waals surface area contributed by atoms with Gasteiger partial charge in [-0.15, -0.1) is 0 Å². The third kappa shape index (κ3) is 2.44. The average Bonchev–Trinajstić information content (AvgIpc) is 2.83. The molecular weight excluding hydrogens is 298 g/mol. The normalized spacial score (nSPS) is 12.3. The lowest BCUT2D eigenvalue weighted by atomic mass is 9.99. The van der Waals surface area contributed by atoms with Gasteiger partial charge < -0.3 is 15.4 Å². The minimum Gasteiger partial charge on any atom is -0.481 e. The maximum Gasteiger partial charge on any atom is 0.312 e. The zero-order valence-corrected chi connectivity index (χ0v) is 11.0. The topological polar surface area (TPSA) is 81.1 Å². The van der Waals surface area contributed by atoms with Crippen LogP contribution in [0.5, 0.6) is 0 Å². The Morgan fingerprint density at radius 1 is 1.56 bits per heavy atom. The summed E-state index contributed by atoms with van der Waals surface area (Å²) >= 11 is 3.43. The second-order valence-corrected chi connectivity index (χ2v) is 4.66. The smallest absolute Gasteiger partial charge is 0.312 e. The summed E-state index contributed by atoms with van der Waals surface area (Å²) in [6, 6.07) is 5.39. The summed E-state index contributed by atoms with van der Waals surface area (Å²) in [5, 5.41) is 9.06. The fourth-order valence-electron chi connectivity index (χ4n) is 1.73. The van der Waals surface area contributed by atoms with Crippen molar-refractivity contribution in [3.8, 4) is 5.69 Å². The molecule has 94 valence electrons. The largest absolute Gasteiger partial charge is 0.481 e. The molecule has 1 aromatic heterocycles. The van der Waals surface area contributed by atoms with Crippen molar-refractivity contribution >= 4 is 21.9 Å². The summed E-state index contributed by atoms with van der Waals surface area (Å²) in [5.41, 5.74) is 7.06. The first-order valence-corrected chi connectivity index (χ1v) is 6.13. The van der Waals surface area contributed by atoms with Gasteiger partial charge in [0.1, 0.15) is 0 Å². The molecule has 0 aliphatic carbocycles. The van der Waals surface area contributed by atoms with Crippen LogP contribution in [0, 0.1) is 0 Å². The second-order valence-electron chi connectivity index (χ2n) is 3.81. The Hall–Kier alpha value is -1.66. The van der Waals surface area contributed by atoms with E-state index in [4.69, 9.17) is 10.8 Å². The third-order valence-corrected chi connectivity index (χ3v) is 3.33. The zero-order valence-electron chi connectivity index (χ0n) is 9.45. The van der Waals surface area contributed by atoms with E-state index in [9.17, 15) is 4.79 Å². The van der Waals surface area contributed by atoms with Crippen molar-refractivity contribution in [3.05, 3.63) is 47.0 Å². The number of carboxylic acid groups (broad SMARTS) is 1. The highest BCUT2D eigenvalue weighted by Crippen LogP contribution is 2.26. The molecule has 2 rings (SSSR count). The van der Waals surface area contributed by atoms with E-state index in [1.807, 2.05) is 16.8 Å². The highest BCUT2D eigenvalue weighted by molar-refractivity contribution is 9.10. The Labute approximate surface area is 112 Å². The summed E-state index contributed by atoms with van der Waals surface area (Å²) in [7, 11) is 0.